The maximum absolute atomic E-state index is 14.0. The fourth-order valence-electron chi connectivity index (χ4n) is 14.1. The number of pyridine rings is 3. The number of rotatable bonds is 12. The first kappa shape index (κ1) is 74.9. The largest absolute Gasteiger partial charge is 0.445 e. The van der Waals surface area contributed by atoms with E-state index in [4.69, 9.17) is 4.42 Å². The van der Waals surface area contributed by atoms with Crippen molar-refractivity contribution in [3.8, 4) is 52.6 Å². The van der Waals surface area contributed by atoms with Crippen LogP contribution in [0.4, 0.5) is 0 Å². The molecule has 0 saturated heterocycles. The Morgan fingerprint density at radius 1 is 0.444 bits per heavy atom. The van der Waals surface area contributed by atoms with Gasteiger partial charge >= 0.3 is 5.69 Å². The molecular weight excluding hydrogens is 1480 g/mol. The number of nitrogens with one attached hydrogen (secondary N) is 3. The first-order valence-electron chi connectivity index (χ1n) is 37.1. The lowest BCUT2D eigenvalue weighted by atomic mass is 10.1. The van der Waals surface area contributed by atoms with Crippen molar-refractivity contribution >= 4 is 56.5 Å². The van der Waals surface area contributed by atoms with E-state index in [1.54, 1.807) is 125 Å². The first-order chi connectivity index (χ1) is 56.7. The van der Waals surface area contributed by atoms with E-state index in [2.05, 4.69) is 92.0 Å². The molecule has 3 N–H and O–H groups in total. The SMILES string of the molecule is Cc1nn2ccccc2c1C(=O)N[C@@H](C)c1cc2ncc(C#Cc3cnn(C)c3)n2c(=O)n1-c1ccccc1.Cc1nn2ccccc2c1C(=O)N[C@@H](C)c1cn2ccc(C#Cc3cnn(C)c3)c2c(=O)n1-c1ccccc1.Cc1nn2ccccc2c1C(=O)N[C@@H](C)c1nc2occ(C#Cc3cnn(C)c3)c2c(=O)n1-c1ccccc1. The number of furan rings is 1. The number of benzene rings is 3. The van der Waals surface area contributed by atoms with Crippen LogP contribution < -0.4 is 32.8 Å². The number of hydrogen-bond donors (Lipinski definition) is 3. The summed E-state index contributed by atoms with van der Waals surface area (Å²) in [5.41, 5.74) is 12.4. The molecule has 3 atom stereocenters. The molecule has 0 bridgehead atoms. The number of fused-ring (bicyclic) bond motifs is 6. The quantitative estimate of drug-likeness (QED) is 0.0958. The molecule has 0 saturated carbocycles. The van der Waals surface area contributed by atoms with E-state index >= 15 is 0 Å². The molecule has 0 fully saturated rings. The summed E-state index contributed by atoms with van der Waals surface area (Å²) in [4.78, 5) is 91.4. The first-order valence-corrected chi connectivity index (χ1v) is 37.1. The van der Waals surface area contributed by atoms with Crippen molar-refractivity contribution in [2.75, 3.05) is 0 Å². The second kappa shape index (κ2) is 31.5. The van der Waals surface area contributed by atoms with Gasteiger partial charge in [0.25, 0.3) is 28.8 Å². The molecule has 0 unspecified atom stereocenters. The van der Waals surface area contributed by atoms with Gasteiger partial charge in [-0.2, -0.15) is 35.6 Å². The minimum Gasteiger partial charge on any atom is -0.445 e. The van der Waals surface area contributed by atoms with Gasteiger partial charge in [-0.15, -0.1) is 0 Å². The fourth-order valence-corrected chi connectivity index (χ4v) is 14.1. The van der Waals surface area contributed by atoms with E-state index in [-0.39, 0.29) is 45.6 Å². The number of aryl methyl sites for hydroxylation is 6. The molecule has 3 aromatic carbocycles. The van der Waals surface area contributed by atoms with Crippen LogP contribution in [0, 0.1) is 56.3 Å². The van der Waals surface area contributed by atoms with Crippen LogP contribution in [0.5, 0.6) is 0 Å². The van der Waals surface area contributed by atoms with Crippen LogP contribution in [0.25, 0.3) is 55.9 Å². The van der Waals surface area contributed by atoms with Gasteiger partial charge in [-0.1, -0.05) is 102 Å². The van der Waals surface area contributed by atoms with Gasteiger partial charge in [-0.05, 0) is 126 Å². The van der Waals surface area contributed by atoms with Crippen LogP contribution in [0.2, 0.25) is 0 Å². The summed E-state index contributed by atoms with van der Waals surface area (Å²) in [5, 5.41) is 35.1. The van der Waals surface area contributed by atoms with Crippen molar-refractivity contribution in [1.29, 1.82) is 0 Å². The minimum absolute atomic E-state index is 0.144. The third-order valence-electron chi connectivity index (χ3n) is 19.5. The van der Waals surface area contributed by atoms with Gasteiger partial charge in [0.15, 0.2) is 0 Å². The smallest absolute Gasteiger partial charge is 0.339 e. The lowest BCUT2D eigenvalue weighted by molar-refractivity contribution is 0.0930. The molecule has 0 aliphatic carbocycles. The lowest BCUT2D eigenvalue weighted by Crippen LogP contribution is -2.34. The Morgan fingerprint density at radius 2 is 0.880 bits per heavy atom. The number of imidazole rings is 1. The third-order valence-corrected chi connectivity index (χ3v) is 19.5. The van der Waals surface area contributed by atoms with Crippen LogP contribution in [0.3, 0.4) is 0 Å². The normalized spacial score (nSPS) is 11.9. The van der Waals surface area contributed by atoms with Crippen molar-refractivity contribution < 1.29 is 18.8 Å². The molecule has 29 nitrogen and oxygen atoms in total. The Bertz CT molecular complexity index is 6640. The Morgan fingerprint density at radius 3 is 1.36 bits per heavy atom. The Labute approximate surface area is 666 Å². The second-order valence-corrected chi connectivity index (χ2v) is 27.7. The molecule has 0 aliphatic heterocycles. The van der Waals surface area contributed by atoms with Crippen molar-refractivity contribution in [2.45, 2.75) is 59.7 Å². The van der Waals surface area contributed by atoms with Gasteiger partial charge in [0.2, 0.25) is 5.71 Å². The van der Waals surface area contributed by atoms with E-state index in [0.717, 1.165) is 16.6 Å². The summed E-state index contributed by atoms with van der Waals surface area (Å²) in [5.74, 6) is 17.8. The van der Waals surface area contributed by atoms with Gasteiger partial charge in [0, 0.05) is 82.5 Å². The number of aromatic nitrogens is 19. The summed E-state index contributed by atoms with van der Waals surface area (Å²) in [6.45, 7) is 10.9. The van der Waals surface area contributed by atoms with Crippen LogP contribution in [0.1, 0.15) is 138 Å². The minimum atomic E-state index is -0.650. The molecule has 0 aliphatic rings. The predicted octanol–water partition coefficient (Wildman–Crippen LogP) is 10.3. The van der Waals surface area contributed by atoms with E-state index in [9.17, 15) is 28.8 Å². The molecule has 29 heteroatoms. The molecule has 3 amide bonds. The standard InChI is InChI=1S/C30H25N7O2.C29H24N8O2.C29H23N7O3/c1-20(32-29(38)27-21(2)33-36-15-8-7-11-25(27)36)26-19-35-16-14-23(13-12-22-17-31-34(3)18-22)28(35)30(39)37(26)24-9-5-4-6-10-24;1-19(32-28(38)27-20(2)33-35-14-8-7-11-24(27)35)25-15-26-30-17-23(13-12-21-16-31-34(3)18-21)37(26)29(39)36(25)22-9-5-4-6-10-22;1-18-24(23-11-7-8-14-35(23)33-18)27(37)31-19(2)26-32-28-25(29(38)36(26)22-9-5-4-6-10-22)21(17-39-28)13-12-20-15-30-34(3)16-20/h4-11,14-20H,1-3H3,(H,32,38);4-11,14-19H,1-3H3,(H,32,38);4-11,14-17,19H,1-3H3,(H,31,37)/t20-;2*19-/m000/s1. The molecule has 0 spiro atoms. The average Bonchev–Trinajstić information content (AvgIpc) is 1.69. The fraction of sp³-hybridized carbons (Fsp3) is 0.136. The number of carbonyl (C=O) groups is 3. The maximum atomic E-state index is 14.0. The van der Waals surface area contributed by atoms with Crippen molar-refractivity contribution in [1.82, 2.24) is 107 Å². The monoisotopic (exact) mass is 1550 g/mol. The highest BCUT2D eigenvalue weighted by Gasteiger charge is 2.29. The van der Waals surface area contributed by atoms with Crippen LogP contribution in [-0.4, -0.2) is 108 Å². The number of amides is 3. The van der Waals surface area contributed by atoms with Crippen molar-refractivity contribution in [3.63, 3.8) is 0 Å². The molecule has 576 valence electrons. The summed E-state index contributed by atoms with van der Waals surface area (Å²) in [6, 6.07) is 46.5. The summed E-state index contributed by atoms with van der Waals surface area (Å²) in [7, 11) is 5.45. The number of nitrogens with zero attached hydrogens (tertiary/aromatic N) is 19. The summed E-state index contributed by atoms with van der Waals surface area (Å²) in [6.07, 6.45) is 22.5. The molecule has 18 rings (SSSR count). The highest BCUT2D eigenvalue weighted by atomic mass is 16.3. The van der Waals surface area contributed by atoms with E-state index in [1.165, 1.54) is 15.2 Å². The molecule has 117 heavy (non-hydrogen) atoms. The second-order valence-electron chi connectivity index (χ2n) is 27.7. The topological polar surface area (TPSA) is 306 Å². The zero-order chi connectivity index (χ0) is 81.3. The zero-order valence-corrected chi connectivity index (χ0v) is 64.6. The van der Waals surface area contributed by atoms with Gasteiger partial charge in [0.1, 0.15) is 34.3 Å². The van der Waals surface area contributed by atoms with Crippen molar-refractivity contribution in [3.05, 3.63) is 354 Å². The third kappa shape index (κ3) is 14.8. The van der Waals surface area contributed by atoms with Crippen LogP contribution in [0.15, 0.2) is 257 Å². The Kier molecular flexibility index (Phi) is 20.2. The Balaban J connectivity index is 0.000000131. The van der Waals surface area contributed by atoms with Gasteiger partial charge in [0.05, 0.1) is 144 Å². The molecule has 15 aromatic heterocycles. The summed E-state index contributed by atoms with van der Waals surface area (Å²) >= 11 is 0. The van der Waals surface area contributed by atoms with Gasteiger partial charge in [-0.3, -0.25) is 51.7 Å². The van der Waals surface area contributed by atoms with E-state index in [1.807, 2.05) is 211 Å². The highest BCUT2D eigenvalue weighted by molar-refractivity contribution is 6.03. The van der Waals surface area contributed by atoms with Crippen molar-refractivity contribution in [2.24, 2.45) is 21.1 Å². The summed E-state index contributed by atoms with van der Waals surface area (Å²) < 4.78 is 23.7. The molecule has 18 aromatic rings. The van der Waals surface area contributed by atoms with Crippen LogP contribution >= 0.6 is 0 Å². The molecule has 15 heterocycles. The van der Waals surface area contributed by atoms with Crippen LogP contribution in [-0.2, 0) is 21.1 Å². The molecule has 0 radical (unpaired) electrons. The number of para-hydroxylation sites is 3. The Hall–Kier alpha value is -16.2. The molecular formula is C88H72N22O7. The van der Waals surface area contributed by atoms with E-state index < -0.39 is 18.1 Å². The predicted molar refractivity (Wildman–Crippen MR) is 438 cm³/mol. The highest BCUT2D eigenvalue weighted by Crippen LogP contribution is 2.27. The number of hydrogen-bond acceptors (Lipinski definition) is 15. The zero-order valence-electron chi connectivity index (χ0n) is 64.6. The number of carbonyl (C=O) groups excluding carboxylic acids is 3. The van der Waals surface area contributed by atoms with Gasteiger partial charge in [-0.25, -0.2) is 27.7 Å². The average molecular weight is 1550 g/mol. The van der Waals surface area contributed by atoms with E-state index in [0.29, 0.717) is 113 Å². The van der Waals surface area contributed by atoms with Gasteiger partial charge < -0.3 is 24.8 Å². The lowest BCUT2D eigenvalue weighted by Gasteiger charge is -2.20. The maximum Gasteiger partial charge on any atom is 0.339 e.